The van der Waals surface area contributed by atoms with Crippen molar-refractivity contribution in [1.82, 2.24) is 15.5 Å². The van der Waals surface area contributed by atoms with Crippen LogP contribution in [-0.4, -0.2) is 123 Å². The first-order chi connectivity index (χ1) is 27.5. The van der Waals surface area contributed by atoms with Crippen molar-refractivity contribution < 1.29 is 52.8 Å². The molecule has 1 unspecified atom stereocenters. The van der Waals surface area contributed by atoms with Crippen LogP contribution in [0.15, 0.2) is 48.5 Å². The standard InChI is InChI=1S/C42H59N3O11S/c1-42(2,29-57)56-35-26-32(28-46)36(27-35)37(47)6-4-3-5-17-43-38(48)15-18-44-40(50)30-7-11-33(12-8-30)54-24-22-52-20-21-53-23-25-55-34-13-9-31(10-14-34)41(51)45-19-16-39(45)49/h7-14,32,35-36,46,57H,3-6,15-29H2,1-2H3,(H,43,48)(H,44,50)/t32-,35+,36?/m0/s1. The molecule has 4 amide bonds. The minimum absolute atomic E-state index is 0.0154. The number of likely N-dealkylation sites (tertiary alicyclic amines) is 1. The quantitative estimate of drug-likeness (QED) is 0.0443. The van der Waals surface area contributed by atoms with Crippen LogP contribution in [0.5, 0.6) is 11.5 Å². The summed E-state index contributed by atoms with van der Waals surface area (Å²) >= 11 is 4.34. The van der Waals surface area contributed by atoms with Gasteiger partial charge >= 0.3 is 0 Å². The van der Waals surface area contributed by atoms with Crippen LogP contribution >= 0.6 is 12.6 Å². The van der Waals surface area contributed by atoms with E-state index in [2.05, 4.69) is 23.3 Å². The molecule has 314 valence electrons. The first kappa shape index (κ1) is 45.7. The fraction of sp³-hybridized carbons (Fsp3) is 0.595. The van der Waals surface area contributed by atoms with Crippen molar-refractivity contribution in [3.63, 3.8) is 0 Å². The van der Waals surface area contributed by atoms with Crippen molar-refractivity contribution in [2.75, 3.05) is 71.6 Å². The summed E-state index contributed by atoms with van der Waals surface area (Å²) in [4.78, 5) is 62.6. The monoisotopic (exact) mass is 813 g/mol. The number of rotatable bonds is 27. The molecule has 2 aliphatic rings. The van der Waals surface area contributed by atoms with E-state index < -0.39 is 0 Å². The Bertz CT molecular complexity index is 1590. The zero-order valence-electron chi connectivity index (χ0n) is 33.2. The molecule has 1 saturated carbocycles. The van der Waals surface area contributed by atoms with Crippen molar-refractivity contribution >= 4 is 42.0 Å². The van der Waals surface area contributed by atoms with Gasteiger partial charge in [0.2, 0.25) is 11.8 Å². The molecule has 1 aliphatic heterocycles. The molecule has 1 saturated heterocycles. The number of carbonyl (C=O) groups excluding carboxylic acids is 5. The maximum Gasteiger partial charge on any atom is 0.260 e. The lowest BCUT2D eigenvalue weighted by Gasteiger charge is -2.28. The minimum Gasteiger partial charge on any atom is -0.491 e. The summed E-state index contributed by atoms with van der Waals surface area (Å²) in [7, 11) is 0. The number of nitrogens with one attached hydrogen (secondary N) is 2. The molecule has 57 heavy (non-hydrogen) atoms. The number of aliphatic hydroxyl groups excluding tert-OH is 1. The maximum atomic E-state index is 12.9. The highest BCUT2D eigenvalue weighted by molar-refractivity contribution is 7.80. The van der Waals surface area contributed by atoms with Gasteiger partial charge in [-0.25, -0.2) is 0 Å². The Labute approximate surface area is 341 Å². The van der Waals surface area contributed by atoms with Crippen LogP contribution < -0.4 is 20.1 Å². The highest BCUT2D eigenvalue weighted by atomic mass is 32.1. The van der Waals surface area contributed by atoms with Gasteiger partial charge in [-0.15, -0.1) is 0 Å². The molecular formula is C42H59N3O11S. The summed E-state index contributed by atoms with van der Waals surface area (Å²) in [6, 6.07) is 13.4. The summed E-state index contributed by atoms with van der Waals surface area (Å²) in [6.45, 7) is 7.27. The number of aliphatic hydroxyl groups is 1. The third-order valence-electron chi connectivity index (χ3n) is 9.90. The number of amides is 4. The van der Waals surface area contributed by atoms with Gasteiger partial charge in [0.25, 0.3) is 11.8 Å². The lowest BCUT2D eigenvalue weighted by Crippen LogP contribution is -2.47. The first-order valence-corrected chi connectivity index (χ1v) is 20.6. The van der Waals surface area contributed by atoms with Crippen LogP contribution in [0.25, 0.3) is 0 Å². The first-order valence-electron chi connectivity index (χ1n) is 19.9. The van der Waals surface area contributed by atoms with E-state index in [4.69, 9.17) is 23.7 Å². The van der Waals surface area contributed by atoms with Crippen molar-refractivity contribution in [3.05, 3.63) is 59.7 Å². The third-order valence-corrected chi connectivity index (χ3v) is 10.7. The van der Waals surface area contributed by atoms with Crippen LogP contribution in [-0.2, 0) is 28.6 Å². The minimum atomic E-state index is -0.371. The van der Waals surface area contributed by atoms with Gasteiger partial charge in [-0.2, -0.15) is 12.6 Å². The van der Waals surface area contributed by atoms with E-state index in [0.29, 0.717) is 107 Å². The molecule has 0 radical (unpaired) electrons. The molecule has 0 bridgehead atoms. The Balaban J connectivity index is 0.949. The molecular weight excluding hydrogens is 755 g/mol. The molecule has 4 rings (SSSR count). The van der Waals surface area contributed by atoms with E-state index >= 15 is 0 Å². The van der Waals surface area contributed by atoms with Crippen LogP contribution in [0, 0.1) is 11.8 Å². The number of unbranched alkanes of at least 4 members (excludes halogenated alkanes) is 2. The number of hydrogen-bond acceptors (Lipinski definition) is 12. The van der Waals surface area contributed by atoms with E-state index in [1.807, 2.05) is 13.8 Å². The zero-order valence-corrected chi connectivity index (χ0v) is 34.1. The van der Waals surface area contributed by atoms with E-state index in [9.17, 15) is 29.1 Å². The van der Waals surface area contributed by atoms with Gasteiger partial charge in [0, 0.05) is 68.3 Å². The predicted octanol–water partition coefficient (Wildman–Crippen LogP) is 4.03. The van der Waals surface area contributed by atoms with Crippen LogP contribution in [0.3, 0.4) is 0 Å². The Morgan fingerprint density at radius 3 is 1.96 bits per heavy atom. The Hall–Kier alpha value is -4.02. The number of benzene rings is 2. The number of hydrogen-bond donors (Lipinski definition) is 4. The molecule has 2 aromatic rings. The van der Waals surface area contributed by atoms with E-state index in [0.717, 1.165) is 19.3 Å². The molecule has 3 N–H and O–H groups in total. The highest BCUT2D eigenvalue weighted by Gasteiger charge is 2.40. The third kappa shape index (κ3) is 15.7. The number of nitrogens with zero attached hydrogens (tertiary/aromatic N) is 1. The lowest BCUT2D eigenvalue weighted by atomic mass is 9.90. The van der Waals surface area contributed by atoms with Gasteiger partial charge in [-0.1, -0.05) is 6.42 Å². The predicted molar refractivity (Wildman–Crippen MR) is 216 cm³/mol. The van der Waals surface area contributed by atoms with Gasteiger partial charge < -0.3 is 39.4 Å². The topological polar surface area (TPSA) is 179 Å². The molecule has 2 fully saturated rings. The number of ether oxygens (including phenoxy) is 5. The Morgan fingerprint density at radius 1 is 0.789 bits per heavy atom. The van der Waals surface area contributed by atoms with Crippen molar-refractivity contribution in [3.8, 4) is 11.5 Å². The SMILES string of the molecule is CC(C)(CS)O[C@H]1CC(C(=O)CCCCCNC(=O)CCNC(=O)c2ccc(OCCOCCOCCOc3ccc(C(=O)N4CCC4=O)cc3)cc2)[C@H](CO)C1. The Morgan fingerprint density at radius 2 is 1.40 bits per heavy atom. The largest absolute Gasteiger partial charge is 0.491 e. The maximum absolute atomic E-state index is 12.9. The smallest absolute Gasteiger partial charge is 0.260 e. The number of carbonyl (C=O) groups is 5. The summed E-state index contributed by atoms with van der Waals surface area (Å²) in [5.41, 5.74) is 0.529. The Kier molecular flexibility index (Phi) is 19.3. The van der Waals surface area contributed by atoms with Crippen LogP contribution in [0.2, 0.25) is 0 Å². The molecule has 3 atom stereocenters. The van der Waals surface area contributed by atoms with Gasteiger partial charge in [0.15, 0.2) is 0 Å². The summed E-state index contributed by atoms with van der Waals surface area (Å²) < 4.78 is 28.5. The number of imide groups is 1. The average molecular weight is 814 g/mol. The second-order valence-corrected chi connectivity index (χ2v) is 15.2. The number of β-lactam (4-membered cyclic amide) rings is 1. The van der Waals surface area contributed by atoms with Gasteiger partial charge in [-0.3, -0.25) is 28.9 Å². The van der Waals surface area contributed by atoms with Crippen LogP contribution in [0.1, 0.15) is 85.9 Å². The summed E-state index contributed by atoms with van der Waals surface area (Å²) in [5, 5.41) is 15.4. The number of thiol groups is 1. The van der Waals surface area contributed by atoms with Crippen molar-refractivity contribution in [2.45, 2.75) is 76.9 Å². The second kappa shape index (κ2) is 24.0. The molecule has 2 aromatic carbocycles. The molecule has 15 heteroatoms. The number of Topliss-reactive ketones (excluding diaryl/α,β-unsaturated/α-hetero) is 1. The van der Waals surface area contributed by atoms with Crippen molar-refractivity contribution in [1.29, 1.82) is 0 Å². The second-order valence-electron chi connectivity index (χ2n) is 14.9. The molecule has 1 heterocycles. The zero-order chi connectivity index (χ0) is 41.0. The molecule has 14 nitrogen and oxygen atoms in total. The summed E-state index contributed by atoms with van der Waals surface area (Å²) in [6.07, 6.45) is 4.60. The fourth-order valence-corrected chi connectivity index (χ4v) is 6.66. The van der Waals surface area contributed by atoms with E-state index in [1.54, 1.807) is 48.5 Å². The average Bonchev–Trinajstić information content (AvgIpc) is 3.61. The molecule has 0 spiro atoms. The van der Waals surface area contributed by atoms with Gasteiger partial charge in [-0.05, 0) is 94.0 Å². The molecule has 0 aromatic heterocycles. The van der Waals surface area contributed by atoms with Crippen LogP contribution in [0.4, 0.5) is 0 Å². The number of ketones is 1. The van der Waals surface area contributed by atoms with Gasteiger partial charge in [0.1, 0.15) is 30.5 Å². The van der Waals surface area contributed by atoms with E-state index in [1.165, 1.54) is 4.90 Å². The lowest BCUT2D eigenvalue weighted by molar-refractivity contribution is -0.136. The van der Waals surface area contributed by atoms with Crippen molar-refractivity contribution in [2.24, 2.45) is 11.8 Å². The fourth-order valence-electron chi connectivity index (χ4n) is 6.59. The van der Waals surface area contributed by atoms with Gasteiger partial charge in [0.05, 0.1) is 38.1 Å². The highest BCUT2D eigenvalue weighted by Crippen LogP contribution is 2.37. The summed E-state index contributed by atoms with van der Waals surface area (Å²) in [5.74, 6) is 0.838. The normalized spacial score (nSPS) is 17.9. The van der Waals surface area contributed by atoms with E-state index in [-0.39, 0.29) is 72.5 Å². The molecule has 1 aliphatic carbocycles.